The van der Waals surface area contributed by atoms with E-state index in [-0.39, 0.29) is 6.10 Å². The van der Waals surface area contributed by atoms with Gasteiger partial charge in [0.05, 0.1) is 6.10 Å². The second-order valence-electron chi connectivity index (χ2n) is 5.40. The van der Waals surface area contributed by atoms with Crippen molar-refractivity contribution >= 4 is 0 Å². The summed E-state index contributed by atoms with van der Waals surface area (Å²) < 4.78 is 0. The predicted octanol–water partition coefficient (Wildman–Crippen LogP) is 1.36. The van der Waals surface area contributed by atoms with Gasteiger partial charge in [0, 0.05) is 18.6 Å². The van der Waals surface area contributed by atoms with Gasteiger partial charge in [-0.2, -0.15) is 0 Å². The van der Waals surface area contributed by atoms with Crippen LogP contribution in [0.3, 0.4) is 0 Å². The van der Waals surface area contributed by atoms with E-state index in [2.05, 4.69) is 17.1 Å². The molecule has 3 heteroatoms. The number of nitrogens with zero attached hydrogens (tertiary/aromatic N) is 1. The Morgan fingerprint density at radius 1 is 1.38 bits per heavy atom. The van der Waals surface area contributed by atoms with Gasteiger partial charge in [0.15, 0.2) is 0 Å². The van der Waals surface area contributed by atoms with Crippen LogP contribution in [0.1, 0.15) is 45.4 Å². The van der Waals surface area contributed by atoms with Crippen molar-refractivity contribution in [1.29, 1.82) is 0 Å². The molecule has 2 heterocycles. The molecule has 2 aliphatic heterocycles. The fourth-order valence-corrected chi connectivity index (χ4v) is 3.15. The van der Waals surface area contributed by atoms with Crippen LogP contribution in [0.4, 0.5) is 0 Å². The van der Waals surface area contributed by atoms with Crippen LogP contribution in [0, 0.1) is 0 Å². The summed E-state index contributed by atoms with van der Waals surface area (Å²) in [6.45, 7) is 5.48. The highest BCUT2D eigenvalue weighted by Gasteiger charge is 2.31. The third-order valence-electron chi connectivity index (χ3n) is 4.08. The van der Waals surface area contributed by atoms with E-state index in [0.717, 1.165) is 25.4 Å². The van der Waals surface area contributed by atoms with Crippen molar-refractivity contribution in [1.82, 2.24) is 10.2 Å². The van der Waals surface area contributed by atoms with Gasteiger partial charge in [-0.15, -0.1) is 0 Å². The minimum atomic E-state index is -0.147. The number of aliphatic hydroxyl groups is 1. The zero-order chi connectivity index (χ0) is 11.4. The van der Waals surface area contributed by atoms with Crippen LogP contribution < -0.4 is 5.32 Å². The van der Waals surface area contributed by atoms with Gasteiger partial charge in [0.2, 0.25) is 0 Å². The SMILES string of the molecule is CCCC(O)CNC1CCN2CCCC2C1. The van der Waals surface area contributed by atoms with Crippen molar-refractivity contribution in [2.24, 2.45) is 0 Å². The first-order valence-electron chi connectivity index (χ1n) is 6.95. The molecule has 3 nitrogen and oxygen atoms in total. The number of aliphatic hydroxyl groups excluding tert-OH is 1. The van der Waals surface area contributed by atoms with Crippen LogP contribution in [0.2, 0.25) is 0 Å². The Labute approximate surface area is 99.2 Å². The maximum absolute atomic E-state index is 9.69. The summed E-state index contributed by atoms with van der Waals surface area (Å²) in [5.74, 6) is 0. The summed E-state index contributed by atoms with van der Waals surface area (Å²) in [5.41, 5.74) is 0. The second-order valence-corrected chi connectivity index (χ2v) is 5.40. The quantitative estimate of drug-likeness (QED) is 0.743. The Kier molecular flexibility index (Phi) is 4.62. The molecule has 0 spiro atoms. The molecule has 16 heavy (non-hydrogen) atoms. The van der Waals surface area contributed by atoms with Gasteiger partial charge in [0.1, 0.15) is 0 Å². The van der Waals surface area contributed by atoms with Gasteiger partial charge in [-0.3, -0.25) is 0 Å². The van der Waals surface area contributed by atoms with E-state index in [1.165, 1.54) is 38.8 Å². The van der Waals surface area contributed by atoms with Crippen LogP contribution >= 0.6 is 0 Å². The largest absolute Gasteiger partial charge is 0.392 e. The molecule has 0 saturated carbocycles. The van der Waals surface area contributed by atoms with E-state index in [9.17, 15) is 5.11 Å². The second kappa shape index (κ2) is 5.99. The van der Waals surface area contributed by atoms with Gasteiger partial charge in [0.25, 0.3) is 0 Å². The maximum Gasteiger partial charge on any atom is 0.0664 e. The number of piperidine rings is 1. The van der Waals surface area contributed by atoms with Crippen molar-refractivity contribution in [3.05, 3.63) is 0 Å². The lowest BCUT2D eigenvalue weighted by molar-refractivity contribution is 0.132. The Bertz CT molecular complexity index is 210. The summed E-state index contributed by atoms with van der Waals surface area (Å²) in [6, 6.07) is 1.47. The molecule has 0 aromatic carbocycles. The maximum atomic E-state index is 9.69. The molecule has 94 valence electrons. The van der Waals surface area contributed by atoms with Crippen LogP contribution in [0.25, 0.3) is 0 Å². The molecule has 3 atom stereocenters. The summed E-state index contributed by atoms with van der Waals surface area (Å²) in [4.78, 5) is 2.64. The first-order chi connectivity index (χ1) is 7.79. The van der Waals surface area contributed by atoms with E-state index in [1.807, 2.05) is 0 Å². The first-order valence-corrected chi connectivity index (χ1v) is 6.95. The number of nitrogens with one attached hydrogen (secondary N) is 1. The summed E-state index contributed by atoms with van der Waals surface area (Å²) in [7, 11) is 0. The predicted molar refractivity (Wildman–Crippen MR) is 66.5 cm³/mol. The molecule has 2 aliphatic rings. The topological polar surface area (TPSA) is 35.5 Å². The summed E-state index contributed by atoms with van der Waals surface area (Å²) in [6.07, 6.45) is 7.17. The zero-order valence-electron chi connectivity index (χ0n) is 10.5. The summed E-state index contributed by atoms with van der Waals surface area (Å²) in [5, 5.41) is 13.2. The fourth-order valence-electron chi connectivity index (χ4n) is 3.15. The third kappa shape index (κ3) is 3.19. The van der Waals surface area contributed by atoms with E-state index < -0.39 is 0 Å². The first kappa shape index (κ1) is 12.3. The highest BCUT2D eigenvalue weighted by Crippen LogP contribution is 2.26. The van der Waals surface area contributed by atoms with E-state index in [1.54, 1.807) is 0 Å². The Morgan fingerprint density at radius 2 is 2.25 bits per heavy atom. The highest BCUT2D eigenvalue weighted by molar-refractivity contribution is 4.89. The van der Waals surface area contributed by atoms with Crippen molar-refractivity contribution in [3.8, 4) is 0 Å². The Morgan fingerprint density at radius 3 is 3.06 bits per heavy atom. The molecule has 3 unspecified atom stereocenters. The minimum Gasteiger partial charge on any atom is -0.392 e. The van der Waals surface area contributed by atoms with Gasteiger partial charge < -0.3 is 15.3 Å². The third-order valence-corrected chi connectivity index (χ3v) is 4.08. The van der Waals surface area contributed by atoms with Crippen molar-refractivity contribution in [2.45, 2.75) is 63.6 Å². The number of hydrogen-bond acceptors (Lipinski definition) is 3. The zero-order valence-corrected chi connectivity index (χ0v) is 10.5. The van der Waals surface area contributed by atoms with E-state index in [4.69, 9.17) is 0 Å². The molecule has 0 aromatic rings. The monoisotopic (exact) mass is 226 g/mol. The molecule has 2 rings (SSSR count). The van der Waals surface area contributed by atoms with Crippen molar-refractivity contribution in [2.75, 3.05) is 19.6 Å². The molecule has 2 N–H and O–H groups in total. The lowest BCUT2D eigenvalue weighted by Gasteiger charge is -2.35. The van der Waals surface area contributed by atoms with Crippen LogP contribution in [-0.2, 0) is 0 Å². The molecule has 0 bridgehead atoms. The molecule has 0 amide bonds. The standard InChI is InChI=1S/C13H26N2O/c1-2-4-13(16)10-14-11-6-8-15-7-3-5-12(15)9-11/h11-14,16H,2-10H2,1H3. The molecule has 0 aromatic heterocycles. The van der Waals surface area contributed by atoms with Gasteiger partial charge in [-0.25, -0.2) is 0 Å². The van der Waals surface area contributed by atoms with Crippen LogP contribution in [0.15, 0.2) is 0 Å². The van der Waals surface area contributed by atoms with Crippen molar-refractivity contribution < 1.29 is 5.11 Å². The van der Waals surface area contributed by atoms with Crippen molar-refractivity contribution in [3.63, 3.8) is 0 Å². The van der Waals surface area contributed by atoms with Gasteiger partial charge >= 0.3 is 0 Å². The molecule has 0 radical (unpaired) electrons. The Balaban J connectivity index is 1.67. The molecular formula is C13H26N2O. The summed E-state index contributed by atoms with van der Waals surface area (Å²) >= 11 is 0. The van der Waals surface area contributed by atoms with Gasteiger partial charge in [-0.1, -0.05) is 13.3 Å². The highest BCUT2D eigenvalue weighted by atomic mass is 16.3. The lowest BCUT2D eigenvalue weighted by atomic mass is 9.97. The average molecular weight is 226 g/mol. The number of fused-ring (bicyclic) bond motifs is 1. The minimum absolute atomic E-state index is 0.147. The number of rotatable bonds is 5. The van der Waals surface area contributed by atoms with E-state index >= 15 is 0 Å². The Hall–Kier alpha value is -0.120. The van der Waals surface area contributed by atoms with E-state index in [0.29, 0.717) is 6.04 Å². The lowest BCUT2D eigenvalue weighted by Crippen LogP contribution is -2.47. The molecule has 2 fully saturated rings. The normalized spacial score (nSPS) is 32.6. The van der Waals surface area contributed by atoms with Crippen LogP contribution in [0.5, 0.6) is 0 Å². The van der Waals surface area contributed by atoms with Crippen LogP contribution in [-0.4, -0.2) is 47.8 Å². The molecular weight excluding hydrogens is 200 g/mol. The number of hydrogen-bond donors (Lipinski definition) is 2. The average Bonchev–Trinajstić information content (AvgIpc) is 2.74. The smallest absolute Gasteiger partial charge is 0.0664 e. The molecule has 0 aliphatic carbocycles. The fraction of sp³-hybridized carbons (Fsp3) is 1.00. The molecule has 2 saturated heterocycles. The van der Waals surface area contributed by atoms with Gasteiger partial charge in [-0.05, 0) is 45.2 Å².